The van der Waals surface area contributed by atoms with Gasteiger partial charge >= 0.3 is 0 Å². The van der Waals surface area contributed by atoms with Crippen molar-refractivity contribution in [2.24, 2.45) is 5.92 Å². The summed E-state index contributed by atoms with van der Waals surface area (Å²) in [6.07, 6.45) is 0.586. The van der Waals surface area contributed by atoms with Crippen LogP contribution in [0.25, 0.3) is 0 Å². The standard InChI is InChI=1S/C19H19ClN2O/c20-15-6-7-18-16(9-15)17-12-22(10-13-4-2-1-3-5-13)11-14(17)8-19(23)21-18/h1-7,9,14,17H,8,10-12H2,(H,21,23)/t14-,17-/m0/s1. The molecular weight excluding hydrogens is 308 g/mol. The quantitative estimate of drug-likeness (QED) is 0.907. The van der Waals surface area contributed by atoms with Crippen LogP contribution in [0.2, 0.25) is 5.02 Å². The van der Waals surface area contributed by atoms with Crippen LogP contribution in [0.4, 0.5) is 5.69 Å². The molecule has 3 nitrogen and oxygen atoms in total. The molecule has 0 aromatic heterocycles. The highest BCUT2D eigenvalue weighted by Crippen LogP contribution is 2.41. The molecule has 0 bridgehead atoms. The summed E-state index contributed by atoms with van der Waals surface area (Å²) in [6, 6.07) is 16.3. The molecule has 1 N–H and O–H groups in total. The lowest BCUT2D eigenvalue weighted by atomic mass is 9.87. The number of amides is 1. The Balaban J connectivity index is 1.61. The first-order valence-electron chi connectivity index (χ1n) is 8.04. The molecule has 23 heavy (non-hydrogen) atoms. The Morgan fingerprint density at radius 2 is 1.96 bits per heavy atom. The summed E-state index contributed by atoms with van der Waals surface area (Å²) in [5.74, 6) is 0.840. The lowest BCUT2D eigenvalue weighted by Gasteiger charge is -2.18. The summed E-state index contributed by atoms with van der Waals surface area (Å²) in [6.45, 7) is 2.87. The molecule has 2 atom stereocenters. The molecule has 2 aliphatic heterocycles. The van der Waals surface area contributed by atoms with Crippen molar-refractivity contribution in [2.75, 3.05) is 18.4 Å². The van der Waals surface area contributed by atoms with E-state index in [9.17, 15) is 4.79 Å². The first kappa shape index (κ1) is 14.7. The van der Waals surface area contributed by atoms with Crippen molar-refractivity contribution >= 4 is 23.2 Å². The van der Waals surface area contributed by atoms with Crippen molar-refractivity contribution in [1.82, 2.24) is 4.90 Å². The zero-order chi connectivity index (χ0) is 15.8. The summed E-state index contributed by atoms with van der Waals surface area (Å²) < 4.78 is 0. The van der Waals surface area contributed by atoms with Crippen LogP contribution in [0.3, 0.4) is 0 Å². The number of halogens is 1. The minimum absolute atomic E-state index is 0.114. The van der Waals surface area contributed by atoms with Gasteiger partial charge < -0.3 is 5.32 Å². The third kappa shape index (κ3) is 2.99. The molecule has 4 rings (SSSR count). The number of hydrogen-bond donors (Lipinski definition) is 1. The molecular formula is C19H19ClN2O. The molecule has 1 saturated heterocycles. The van der Waals surface area contributed by atoms with E-state index < -0.39 is 0 Å². The van der Waals surface area contributed by atoms with Crippen LogP contribution in [0, 0.1) is 5.92 Å². The molecule has 118 valence electrons. The number of anilines is 1. The number of hydrogen-bond acceptors (Lipinski definition) is 2. The molecule has 4 heteroatoms. The van der Waals surface area contributed by atoms with Gasteiger partial charge in [0.05, 0.1) is 0 Å². The van der Waals surface area contributed by atoms with E-state index in [0.717, 1.165) is 30.3 Å². The van der Waals surface area contributed by atoms with Gasteiger partial charge in [-0.1, -0.05) is 41.9 Å². The van der Waals surface area contributed by atoms with Gasteiger partial charge in [0, 0.05) is 42.7 Å². The number of nitrogens with zero attached hydrogens (tertiary/aromatic N) is 1. The third-order valence-electron chi connectivity index (χ3n) is 4.90. The van der Waals surface area contributed by atoms with Crippen LogP contribution in [0.15, 0.2) is 48.5 Å². The van der Waals surface area contributed by atoms with Crippen molar-refractivity contribution in [3.63, 3.8) is 0 Å². The molecule has 0 unspecified atom stereocenters. The third-order valence-corrected chi connectivity index (χ3v) is 5.14. The minimum atomic E-state index is 0.114. The lowest BCUT2D eigenvalue weighted by Crippen LogP contribution is -2.22. The minimum Gasteiger partial charge on any atom is -0.326 e. The fourth-order valence-electron chi connectivity index (χ4n) is 3.88. The van der Waals surface area contributed by atoms with E-state index in [0.29, 0.717) is 18.3 Å². The SMILES string of the molecule is O=C1C[C@H]2CN(Cc3ccccc3)C[C@@H]2c2cc(Cl)ccc2N1. The first-order valence-corrected chi connectivity index (χ1v) is 8.42. The van der Waals surface area contributed by atoms with E-state index in [1.807, 2.05) is 24.3 Å². The average molecular weight is 327 g/mol. The number of rotatable bonds is 2. The van der Waals surface area contributed by atoms with Crippen LogP contribution < -0.4 is 5.32 Å². The Labute approximate surface area is 141 Å². The predicted molar refractivity (Wildman–Crippen MR) is 92.6 cm³/mol. The van der Waals surface area contributed by atoms with Gasteiger partial charge in [-0.05, 0) is 35.2 Å². The zero-order valence-electron chi connectivity index (χ0n) is 12.8. The Bertz CT molecular complexity index is 731. The smallest absolute Gasteiger partial charge is 0.224 e. The van der Waals surface area contributed by atoms with Crippen LogP contribution >= 0.6 is 11.6 Å². The predicted octanol–water partition coefficient (Wildman–Crippen LogP) is 3.90. The van der Waals surface area contributed by atoms with Crippen LogP contribution in [0.5, 0.6) is 0 Å². The maximum absolute atomic E-state index is 12.2. The van der Waals surface area contributed by atoms with Crippen molar-refractivity contribution in [1.29, 1.82) is 0 Å². The maximum Gasteiger partial charge on any atom is 0.224 e. The summed E-state index contributed by atoms with van der Waals surface area (Å²) >= 11 is 6.20. The van der Waals surface area contributed by atoms with Gasteiger partial charge in [-0.3, -0.25) is 9.69 Å². The normalized spacial score (nSPS) is 23.8. The largest absolute Gasteiger partial charge is 0.326 e. The Morgan fingerprint density at radius 1 is 1.13 bits per heavy atom. The molecule has 2 aromatic carbocycles. The van der Waals surface area contributed by atoms with E-state index in [2.05, 4.69) is 34.5 Å². The zero-order valence-corrected chi connectivity index (χ0v) is 13.6. The van der Waals surface area contributed by atoms with Gasteiger partial charge in [0.1, 0.15) is 0 Å². The fourth-order valence-corrected chi connectivity index (χ4v) is 4.06. The Kier molecular flexibility index (Phi) is 3.83. The van der Waals surface area contributed by atoms with Gasteiger partial charge in [0.15, 0.2) is 0 Å². The number of nitrogens with one attached hydrogen (secondary N) is 1. The Hall–Kier alpha value is -1.84. The summed E-state index contributed by atoms with van der Waals surface area (Å²) in [5.41, 5.74) is 3.43. The van der Waals surface area contributed by atoms with Crippen molar-refractivity contribution in [3.8, 4) is 0 Å². The van der Waals surface area contributed by atoms with E-state index in [1.54, 1.807) is 0 Å². The molecule has 1 amide bonds. The molecule has 0 radical (unpaired) electrons. The second-order valence-corrected chi connectivity index (χ2v) is 6.97. The van der Waals surface area contributed by atoms with E-state index >= 15 is 0 Å². The van der Waals surface area contributed by atoms with Crippen molar-refractivity contribution in [3.05, 3.63) is 64.7 Å². The molecule has 2 aliphatic rings. The highest BCUT2D eigenvalue weighted by atomic mass is 35.5. The molecule has 1 fully saturated rings. The van der Waals surface area contributed by atoms with E-state index in [1.165, 1.54) is 11.1 Å². The topological polar surface area (TPSA) is 32.3 Å². The number of carbonyl (C=O) groups excluding carboxylic acids is 1. The second kappa shape index (κ2) is 5.99. The molecule has 0 aliphatic carbocycles. The van der Waals surface area contributed by atoms with E-state index in [4.69, 9.17) is 11.6 Å². The number of fused-ring (bicyclic) bond motifs is 3. The van der Waals surface area contributed by atoms with Gasteiger partial charge in [-0.25, -0.2) is 0 Å². The molecule has 0 spiro atoms. The summed E-state index contributed by atoms with van der Waals surface area (Å²) in [4.78, 5) is 14.6. The fraction of sp³-hybridized carbons (Fsp3) is 0.316. The molecule has 0 saturated carbocycles. The van der Waals surface area contributed by atoms with Gasteiger partial charge in [0.25, 0.3) is 0 Å². The monoisotopic (exact) mass is 326 g/mol. The van der Waals surface area contributed by atoms with E-state index in [-0.39, 0.29) is 5.91 Å². The van der Waals surface area contributed by atoms with Gasteiger partial charge in [-0.2, -0.15) is 0 Å². The van der Waals surface area contributed by atoms with Crippen molar-refractivity contribution < 1.29 is 4.79 Å². The highest BCUT2D eigenvalue weighted by molar-refractivity contribution is 6.30. The Morgan fingerprint density at radius 3 is 2.78 bits per heavy atom. The summed E-state index contributed by atoms with van der Waals surface area (Å²) in [7, 11) is 0. The van der Waals surface area contributed by atoms with Crippen molar-refractivity contribution in [2.45, 2.75) is 18.9 Å². The van der Waals surface area contributed by atoms with Gasteiger partial charge in [0.2, 0.25) is 5.91 Å². The number of benzene rings is 2. The lowest BCUT2D eigenvalue weighted by molar-refractivity contribution is -0.116. The first-order chi connectivity index (χ1) is 11.2. The average Bonchev–Trinajstić information content (AvgIpc) is 2.86. The second-order valence-electron chi connectivity index (χ2n) is 6.53. The highest BCUT2D eigenvalue weighted by Gasteiger charge is 2.38. The van der Waals surface area contributed by atoms with Crippen LogP contribution in [-0.4, -0.2) is 23.9 Å². The van der Waals surface area contributed by atoms with Gasteiger partial charge in [-0.15, -0.1) is 0 Å². The number of carbonyl (C=O) groups is 1. The summed E-state index contributed by atoms with van der Waals surface area (Å²) in [5, 5.41) is 3.76. The molecule has 2 heterocycles. The van der Waals surface area contributed by atoms with Crippen LogP contribution in [-0.2, 0) is 11.3 Å². The maximum atomic E-state index is 12.2. The van der Waals surface area contributed by atoms with Crippen LogP contribution in [0.1, 0.15) is 23.5 Å². The molecule has 2 aromatic rings. The number of likely N-dealkylation sites (tertiary alicyclic amines) is 1.